The summed E-state index contributed by atoms with van der Waals surface area (Å²) in [5.41, 5.74) is 4.40. The van der Waals surface area contributed by atoms with Gasteiger partial charge in [0.1, 0.15) is 12.1 Å². The number of alkyl carbamates (subject to hydrolysis) is 1. The van der Waals surface area contributed by atoms with E-state index in [0.29, 0.717) is 13.0 Å². The maximum atomic E-state index is 14.1. The summed E-state index contributed by atoms with van der Waals surface area (Å²) in [7, 11) is 1.25. The Hall–Kier alpha value is -3.38. The number of rotatable bonds is 12. The summed E-state index contributed by atoms with van der Waals surface area (Å²) in [4.78, 5) is 78.6. The van der Waals surface area contributed by atoms with Crippen LogP contribution in [0, 0.1) is 34.5 Å². The molecule has 6 amide bonds. The monoisotopic (exact) mass is 606 g/mol. The quantitative estimate of drug-likeness (QED) is 0.207. The van der Waals surface area contributed by atoms with Crippen molar-refractivity contribution in [3.63, 3.8) is 0 Å². The van der Waals surface area contributed by atoms with Crippen LogP contribution in [0.3, 0.4) is 0 Å². The summed E-state index contributed by atoms with van der Waals surface area (Å²) in [5.74, 6) is -2.70. The summed E-state index contributed by atoms with van der Waals surface area (Å²) >= 11 is 0. The minimum absolute atomic E-state index is 0.0382. The lowest BCUT2D eigenvalue weighted by Crippen LogP contribution is -2.62. The second kappa shape index (κ2) is 13.1. The third kappa shape index (κ3) is 7.77. The zero-order valence-electron chi connectivity index (χ0n) is 26.7. The maximum Gasteiger partial charge on any atom is 0.406 e. The van der Waals surface area contributed by atoms with E-state index >= 15 is 0 Å². The summed E-state index contributed by atoms with van der Waals surface area (Å²) in [5, 5.41) is 11.0. The van der Waals surface area contributed by atoms with Crippen LogP contribution in [-0.4, -0.2) is 84.9 Å². The Morgan fingerprint density at radius 1 is 1.02 bits per heavy atom. The third-order valence-electron chi connectivity index (χ3n) is 9.59. The highest BCUT2D eigenvalue weighted by molar-refractivity contribution is 6.37. The molecule has 0 spiro atoms. The molecule has 0 radical (unpaired) electrons. The van der Waals surface area contributed by atoms with E-state index in [0.717, 1.165) is 19.3 Å². The minimum atomic E-state index is -1.10. The van der Waals surface area contributed by atoms with Gasteiger partial charge in [0, 0.05) is 13.1 Å². The summed E-state index contributed by atoms with van der Waals surface area (Å²) in [6, 6.07) is -3.91. The van der Waals surface area contributed by atoms with Crippen molar-refractivity contribution in [3.05, 3.63) is 0 Å². The van der Waals surface area contributed by atoms with Crippen LogP contribution in [-0.2, 0) is 23.9 Å². The molecule has 6 atom stereocenters. The number of nitrogens with two attached hydrogens (primary N) is 1. The van der Waals surface area contributed by atoms with E-state index in [1.165, 1.54) is 12.0 Å². The van der Waals surface area contributed by atoms with Crippen LogP contribution < -0.4 is 27.0 Å². The third-order valence-corrected chi connectivity index (χ3v) is 9.59. The van der Waals surface area contributed by atoms with E-state index in [-0.39, 0.29) is 35.6 Å². The molecule has 13 heteroatoms. The molecule has 3 fully saturated rings. The molecule has 43 heavy (non-hydrogen) atoms. The van der Waals surface area contributed by atoms with Gasteiger partial charge in [-0.2, -0.15) is 0 Å². The second-order valence-corrected chi connectivity index (χ2v) is 14.4. The van der Waals surface area contributed by atoms with Crippen molar-refractivity contribution in [2.24, 2.45) is 40.2 Å². The lowest BCUT2D eigenvalue weighted by atomic mass is 9.80. The normalized spacial score (nSPS) is 24.5. The number of primary amides is 1. The number of Topliss-reactive ketones (excluding diaryl/α,β-unsaturated/α-hetero) is 1. The van der Waals surface area contributed by atoms with Gasteiger partial charge in [-0.05, 0) is 40.9 Å². The van der Waals surface area contributed by atoms with Crippen LogP contribution in [0.25, 0.3) is 0 Å². The van der Waals surface area contributed by atoms with Gasteiger partial charge in [-0.1, -0.05) is 67.7 Å². The minimum Gasteiger partial charge on any atom is -0.453 e. The Balaban J connectivity index is 1.79. The maximum absolute atomic E-state index is 14.1. The lowest BCUT2D eigenvalue weighted by Gasteiger charge is -2.38. The van der Waals surface area contributed by atoms with Crippen molar-refractivity contribution in [3.8, 4) is 0 Å². The Bertz CT molecular complexity index is 1110. The number of hydrogen-bond acceptors (Lipinski definition) is 7. The number of urea groups is 1. The van der Waals surface area contributed by atoms with Crippen molar-refractivity contribution in [1.29, 1.82) is 0 Å². The molecule has 1 aliphatic heterocycles. The summed E-state index contributed by atoms with van der Waals surface area (Å²) in [6.45, 7) is 13.8. The standard InChI is InChI=1S/C30H50N6O7/c1-15(2)19(13-32-28(42)43-8)34-27(41)35-23(29(3,4)5)26(40)36-14-17-20(30(17,6)7)21(36)25(39)33-18(22(37)24(31)38)12-16-10-9-11-16/h15-21,23H,9-14H2,1-8H3,(H2,31,38)(H,32,42)(H,33,39)(H2,34,35,41)/t17-,18?,19+,20-,21-,23+/m0/s1. The van der Waals surface area contributed by atoms with Crippen molar-refractivity contribution in [1.82, 2.24) is 26.2 Å². The average molecular weight is 607 g/mol. The van der Waals surface area contributed by atoms with E-state index in [2.05, 4.69) is 26.0 Å². The molecule has 3 aliphatic rings. The first-order valence-electron chi connectivity index (χ1n) is 15.2. The van der Waals surface area contributed by atoms with Crippen LogP contribution in [0.15, 0.2) is 0 Å². The Labute approximate surface area is 254 Å². The number of methoxy groups -OCH3 is 1. The van der Waals surface area contributed by atoms with Gasteiger partial charge in [0.2, 0.25) is 17.6 Å². The van der Waals surface area contributed by atoms with Crippen LogP contribution in [0.1, 0.15) is 74.1 Å². The van der Waals surface area contributed by atoms with Crippen molar-refractivity contribution in [2.75, 3.05) is 20.2 Å². The Morgan fingerprint density at radius 2 is 1.65 bits per heavy atom. The first-order valence-corrected chi connectivity index (χ1v) is 15.2. The number of ether oxygens (including phenoxy) is 1. The molecule has 6 N–H and O–H groups in total. The summed E-state index contributed by atoms with van der Waals surface area (Å²) < 4.78 is 4.61. The molecule has 1 heterocycles. The van der Waals surface area contributed by atoms with Gasteiger partial charge >= 0.3 is 12.1 Å². The number of likely N-dealkylation sites (tertiary alicyclic amines) is 1. The predicted octanol–water partition coefficient (Wildman–Crippen LogP) is 1.29. The molecular weight excluding hydrogens is 556 g/mol. The largest absolute Gasteiger partial charge is 0.453 e. The van der Waals surface area contributed by atoms with Crippen molar-refractivity contribution >= 4 is 35.6 Å². The number of carbonyl (C=O) groups excluding carboxylic acids is 6. The molecule has 1 unspecified atom stereocenters. The number of nitrogens with one attached hydrogen (secondary N) is 4. The molecule has 1 saturated heterocycles. The molecule has 2 saturated carbocycles. The first-order chi connectivity index (χ1) is 19.9. The number of piperidine rings is 1. The highest BCUT2D eigenvalue weighted by Crippen LogP contribution is 2.65. The molecule has 0 bridgehead atoms. The molecule has 3 rings (SSSR count). The number of amides is 6. The van der Waals surface area contributed by atoms with E-state index in [1.807, 2.05) is 48.5 Å². The number of nitrogens with zero attached hydrogens (tertiary/aromatic N) is 1. The van der Waals surface area contributed by atoms with Gasteiger partial charge in [-0.3, -0.25) is 19.2 Å². The fraction of sp³-hybridized carbons (Fsp3) is 0.800. The molecular formula is C30H50N6O7. The number of fused-ring (bicyclic) bond motifs is 1. The van der Waals surface area contributed by atoms with Crippen LogP contribution in [0.5, 0.6) is 0 Å². The Morgan fingerprint density at radius 3 is 2.14 bits per heavy atom. The molecule has 0 aromatic rings. The van der Waals surface area contributed by atoms with Crippen molar-refractivity contribution < 1.29 is 33.5 Å². The highest BCUT2D eigenvalue weighted by Gasteiger charge is 2.70. The fourth-order valence-electron chi connectivity index (χ4n) is 6.41. The smallest absolute Gasteiger partial charge is 0.406 e. The predicted molar refractivity (Wildman–Crippen MR) is 158 cm³/mol. The first kappa shape index (κ1) is 34.1. The van der Waals surface area contributed by atoms with Crippen LogP contribution >= 0.6 is 0 Å². The number of carbonyl (C=O) groups is 6. The SMILES string of the molecule is COC(=O)NC[C@@H](NC(=O)N[C@H](C(=O)N1C[C@H]2[C@@H]([C@H]1C(=O)NC(CC1CCC1)C(=O)C(N)=O)C2(C)C)C(C)(C)C)C(C)C. The average Bonchev–Trinajstić information content (AvgIpc) is 3.21. The molecule has 2 aliphatic carbocycles. The van der Waals surface area contributed by atoms with E-state index in [4.69, 9.17) is 5.73 Å². The van der Waals surface area contributed by atoms with E-state index in [9.17, 15) is 28.8 Å². The zero-order valence-corrected chi connectivity index (χ0v) is 26.7. The number of ketones is 1. The van der Waals surface area contributed by atoms with Gasteiger partial charge in [0.25, 0.3) is 5.91 Å². The topological polar surface area (TPSA) is 189 Å². The van der Waals surface area contributed by atoms with E-state index < -0.39 is 65.2 Å². The van der Waals surface area contributed by atoms with E-state index in [1.54, 1.807) is 0 Å². The Kier molecular flexibility index (Phi) is 10.4. The van der Waals surface area contributed by atoms with Crippen LogP contribution in [0.2, 0.25) is 0 Å². The van der Waals surface area contributed by atoms with Gasteiger partial charge in [0.05, 0.1) is 19.2 Å². The van der Waals surface area contributed by atoms with Gasteiger partial charge in [-0.25, -0.2) is 9.59 Å². The highest BCUT2D eigenvalue weighted by atomic mass is 16.5. The molecule has 0 aromatic heterocycles. The van der Waals surface area contributed by atoms with Gasteiger partial charge < -0.3 is 36.6 Å². The van der Waals surface area contributed by atoms with Crippen molar-refractivity contribution in [2.45, 2.75) is 98.3 Å². The number of hydrogen-bond donors (Lipinski definition) is 5. The van der Waals surface area contributed by atoms with Gasteiger partial charge in [-0.15, -0.1) is 0 Å². The van der Waals surface area contributed by atoms with Crippen LogP contribution in [0.4, 0.5) is 9.59 Å². The molecule has 13 nitrogen and oxygen atoms in total. The molecule has 0 aromatic carbocycles. The van der Waals surface area contributed by atoms with Gasteiger partial charge in [0.15, 0.2) is 0 Å². The fourth-order valence-corrected chi connectivity index (χ4v) is 6.41. The zero-order chi connectivity index (χ0) is 32.4. The summed E-state index contributed by atoms with van der Waals surface area (Å²) in [6.07, 6.45) is 2.58. The molecule has 242 valence electrons. The lowest BCUT2D eigenvalue weighted by molar-refractivity contribution is -0.145. The second-order valence-electron chi connectivity index (χ2n) is 14.4.